The molecular formula is C32H29Cl2N3O4. The highest BCUT2D eigenvalue weighted by atomic mass is 35.5. The number of rotatable bonds is 12. The molecule has 0 spiro atoms. The van der Waals surface area contributed by atoms with Crippen molar-refractivity contribution in [3.05, 3.63) is 130 Å². The molecule has 9 heteroatoms. The minimum Gasteiger partial charge on any atom is -0.489 e. The zero-order valence-electron chi connectivity index (χ0n) is 22.3. The quantitative estimate of drug-likeness (QED) is 0.152. The van der Waals surface area contributed by atoms with Gasteiger partial charge >= 0.3 is 0 Å². The van der Waals surface area contributed by atoms with Crippen LogP contribution >= 0.6 is 23.2 Å². The van der Waals surface area contributed by atoms with Crippen molar-refractivity contribution in [2.75, 3.05) is 0 Å². The van der Waals surface area contributed by atoms with Gasteiger partial charge in [-0.2, -0.15) is 5.10 Å². The summed E-state index contributed by atoms with van der Waals surface area (Å²) in [5.41, 5.74) is 5.25. The van der Waals surface area contributed by atoms with E-state index in [4.69, 9.17) is 32.7 Å². The van der Waals surface area contributed by atoms with Crippen LogP contribution in [0.3, 0.4) is 0 Å². The van der Waals surface area contributed by atoms with Crippen LogP contribution in [0.5, 0.6) is 11.5 Å². The molecule has 0 heterocycles. The molecule has 4 rings (SSSR count). The lowest BCUT2D eigenvalue weighted by Gasteiger charge is -2.21. The summed E-state index contributed by atoms with van der Waals surface area (Å²) < 4.78 is 11.5. The smallest absolute Gasteiger partial charge is 0.262 e. The molecule has 41 heavy (non-hydrogen) atoms. The van der Waals surface area contributed by atoms with Gasteiger partial charge in [-0.1, -0.05) is 83.9 Å². The molecular weight excluding hydrogens is 561 g/mol. The summed E-state index contributed by atoms with van der Waals surface area (Å²) in [4.78, 5) is 26.0. The van der Waals surface area contributed by atoms with Gasteiger partial charge in [-0.05, 0) is 66.1 Å². The number of carbonyl (C=O) groups is 2. The van der Waals surface area contributed by atoms with Gasteiger partial charge in [0, 0.05) is 11.4 Å². The zero-order valence-corrected chi connectivity index (χ0v) is 23.8. The van der Waals surface area contributed by atoms with Crippen LogP contribution < -0.4 is 20.2 Å². The fraction of sp³-hybridized carbons (Fsp3) is 0.156. The molecule has 0 radical (unpaired) electrons. The lowest BCUT2D eigenvalue weighted by atomic mass is 10.1. The average Bonchev–Trinajstić information content (AvgIpc) is 2.98. The van der Waals surface area contributed by atoms with E-state index in [9.17, 15) is 9.59 Å². The van der Waals surface area contributed by atoms with Crippen molar-refractivity contribution in [3.8, 4) is 11.5 Å². The van der Waals surface area contributed by atoms with Gasteiger partial charge in [-0.15, -0.1) is 0 Å². The van der Waals surface area contributed by atoms with Gasteiger partial charge < -0.3 is 14.8 Å². The maximum atomic E-state index is 13.1. The molecule has 4 aromatic carbocycles. The summed E-state index contributed by atoms with van der Waals surface area (Å²) in [6.07, 6.45) is 0.857. The lowest BCUT2D eigenvalue weighted by Crippen LogP contribution is -2.50. The lowest BCUT2D eigenvalue weighted by molar-refractivity contribution is -0.132. The molecule has 2 amide bonds. The van der Waals surface area contributed by atoms with Crippen molar-refractivity contribution in [2.24, 2.45) is 5.10 Å². The summed E-state index contributed by atoms with van der Waals surface area (Å²) in [7, 11) is 0. The van der Waals surface area contributed by atoms with Crippen molar-refractivity contribution in [3.63, 3.8) is 0 Å². The van der Waals surface area contributed by atoms with Crippen LogP contribution in [0.4, 0.5) is 0 Å². The molecule has 0 unspecified atom stereocenters. The summed E-state index contributed by atoms with van der Waals surface area (Å²) in [6.45, 7) is 2.04. The van der Waals surface area contributed by atoms with Gasteiger partial charge in [0.05, 0.1) is 11.2 Å². The zero-order chi connectivity index (χ0) is 29.0. The number of ether oxygens (including phenoxy) is 2. The van der Waals surface area contributed by atoms with E-state index in [0.717, 1.165) is 22.4 Å². The molecule has 0 aliphatic heterocycles. The Hall–Kier alpha value is -4.33. The summed E-state index contributed by atoms with van der Waals surface area (Å²) in [6, 6.07) is 30.4. The van der Waals surface area contributed by atoms with Gasteiger partial charge in [-0.3, -0.25) is 9.59 Å². The third-order valence-corrected chi connectivity index (χ3v) is 6.53. The third kappa shape index (κ3) is 9.38. The fourth-order valence-corrected chi connectivity index (χ4v) is 4.26. The summed E-state index contributed by atoms with van der Waals surface area (Å²) in [5, 5.41) is 7.58. The average molecular weight is 591 g/mol. The molecule has 0 aliphatic rings. The van der Waals surface area contributed by atoms with Crippen molar-refractivity contribution in [2.45, 2.75) is 32.1 Å². The first-order valence-corrected chi connectivity index (χ1v) is 13.7. The number of amides is 2. The molecule has 0 fully saturated rings. The van der Waals surface area contributed by atoms with E-state index in [2.05, 4.69) is 15.8 Å². The topological polar surface area (TPSA) is 89.0 Å². The van der Waals surface area contributed by atoms with Gasteiger partial charge in [0.25, 0.3) is 11.8 Å². The van der Waals surface area contributed by atoms with E-state index >= 15 is 0 Å². The standard InChI is InChI=1S/C32H29Cl2N3O4/c1-22(41-30-17-14-26(33)19-28(30)34)31(38)36-29(18-23-8-4-2-5-9-23)32(39)37-35-20-24-12-15-27(16-13-24)40-21-25-10-6-3-7-11-25/h2-17,19-20,22,29H,18,21H2,1H3,(H,36,38)(H,37,39)/b35-20-/t22-,29+/m0/s1. The Kier molecular flexibility index (Phi) is 10.8. The molecule has 0 aromatic heterocycles. The number of benzene rings is 4. The highest BCUT2D eigenvalue weighted by Crippen LogP contribution is 2.28. The van der Waals surface area contributed by atoms with Crippen LogP contribution in [-0.4, -0.2) is 30.2 Å². The molecule has 0 saturated carbocycles. The second-order valence-corrected chi connectivity index (χ2v) is 10.0. The minimum atomic E-state index is -0.925. The Morgan fingerprint density at radius 1 is 0.854 bits per heavy atom. The van der Waals surface area contributed by atoms with Crippen molar-refractivity contribution in [1.82, 2.24) is 10.7 Å². The van der Waals surface area contributed by atoms with Crippen molar-refractivity contribution < 1.29 is 19.1 Å². The van der Waals surface area contributed by atoms with Crippen LogP contribution in [0, 0.1) is 0 Å². The van der Waals surface area contributed by atoms with E-state index in [1.54, 1.807) is 19.1 Å². The first-order chi connectivity index (χ1) is 19.9. The van der Waals surface area contributed by atoms with Gasteiger partial charge in [0.2, 0.25) is 0 Å². The summed E-state index contributed by atoms with van der Waals surface area (Å²) >= 11 is 12.1. The number of hydrogen-bond donors (Lipinski definition) is 2. The molecule has 2 atom stereocenters. The van der Waals surface area contributed by atoms with Crippen LogP contribution in [0.25, 0.3) is 0 Å². The van der Waals surface area contributed by atoms with E-state index in [1.165, 1.54) is 12.3 Å². The maximum absolute atomic E-state index is 13.1. The van der Waals surface area contributed by atoms with Crippen LogP contribution in [0.15, 0.2) is 108 Å². The molecule has 0 aliphatic carbocycles. The Morgan fingerprint density at radius 2 is 1.51 bits per heavy atom. The minimum absolute atomic E-state index is 0.260. The number of nitrogens with one attached hydrogen (secondary N) is 2. The number of carbonyl (C=O) groups excluding carboxylic acids is 2. The maximum Gasteiger partial charge on any atom is 0.262 e. The molecule has 7 nitrogen and oxygen atoms in total. The van der Waals surface area contributed by atoms with Crippen LogP contribution in [-0.2, 0) is 22.6 Å². The van der Waals surface area contributed by atoms with Gasteiger partial charge in [0.1, 0.15) is 24.1 Å². The predicted molar refractivity (Wildman–Crippen MR) is 162 cm³/mol. The Balaban J connectivity index is 1.35. The third-order valence-electron chi connectivity index (χ3n) is 6.00. The molecule has 4 aromatic rings. The highest BCUT2D eigenvalue weighted by Gasteiger charge is 2.25. The molecule has 0 bridgehead atoms. The Labute approximate surface area is 249 Å². The first-order valence-electron chi connectivity index (χ1n) is 12.9. The highest BCUT2D eigenvalue weighted by molar-refractivity contribution is 6.35. The second-order valence-electron chi connectivity index (χ2n) is 9.16. The normalized spacial score (nSPS) is 12.4. The Bertz CT molecular complexity index is 1470. The van der Waals surface area contributed by atoms with E-state index in [0.29, 0.717) is 17.4 Å². The second kappa shape index (κ2) is 14.9. The number of nitrogens with zero attached hydrogens (tertiary/aromatic N) is 1. The monoisotopic (exact) mass is 589 g/mol. The SMILES string of the molecule is C[C@H](Oc1ccc(Cl)cc1Cl)C(=O)N[C@H](Cc1ccccc1)C(=O)N/N=C\c1ccc(OCc2ccccc2)cc1. The van der Waals surface area contributed by atoms with Crippen molar-refractivity contribution >= 4 is 41.2 Å². The van der Waals surface area contributed by atoms with Crippen molar-refractivity contribution in [1.29, 1.82) is 0 Å². The molecule has 210 valence electrons. The first kappa shape index (κ1) is 29.6. The molecule has 0 saturated heterocycles. The predicted octanol–water partition coefficient (Wildman–Crippen LogP) is 6.22. The van der Waals surface area contributed by atoms with Crippen LogP contribution in [0.2, 0.25) is 10.0 Å². The number of hydrogen-bond acceptors (Lipinski definition) is 5. The molecule has 2 N–H and O–H groups in total. The van der Waals surface area contributed by atoms with E-state index in [-0.39, 0.29) is 11.4 Å². The largest absolute Gasteiger partial charge is 0.489 e. The fourth-order valence-electron chi connectivity index (χ4n) is 3.80. The van der Waals surface area contributed by atoms with Crippen LogP contribution in [0.1, 0.15) is 23.6 Å². The number of hydrazone groups is 1. The Morgan fingerprint density at radius 3 is 2.17 bits per heavy atom. The van der Waals surface area contributed by atoms with E-state index < -0.39 is 24.0 Å². The number of halogens is 2. The van der Waals surface area contributed by atoms with Gasteiger partial charge in [0.15, 0.2) is 6.10 Å². The van der Waals surface area contributed by atoms with E-state index in [1.807, 2.05) is 84.9 Å². The summed E-state index contributed by atoms with van der Waals surface area (Å²) in [5.74, 6) is 0.0703. The van der Waals surface area contributed by atoms with Gasteiger partial charge in [-0.25, -0.2) is 5.43 Å².